The Balaban J connectivity index is 1.31. The number of nitrogens with one attached hydrogen (secondary N) is 1. The molecule has 0 atom stereocenters. The number of carbonyl (C=O) groups excluding carboxylic acids is 1. The highest BCUT2D eigenvalue weighted by molar-refractivity contribution is 5.84. The molecule has 1 N–H and O–H groups in total. The van der Waals surface area contributed by atoms with E-state index in [1.807, 2.05) is 4.90 Å². The van der Waals surface area contributed by atoms with Gasteiger partial charge in [-0.05, 0) is 54.8 Å². The lowest BCUT2D eigenvalue weighted by atomic mass is 10.0. The van der Waals surface area contributed by atoms with Crippen molar-refractivity contribution < 1.29 is 23.4 Å². The number of aryl methyl sites for hydroxylation is 1. The Hall–Kier alpha value is -3.88. The lowest BCUT2D eigenvalue weighted by Gasteiger charge is -2.30. The number of fused-ring (bicyclic) bond motifs is 2. The van der Waals surface area contributed by atoms with Crippen LogP contribution in [0, 0.1) is 5.82 Å². The number of amides is 1. The summed E-state index contributed by atoms with van der Waals surface area (Å²) in [6.45, 7) is 0.870. The maximum atomic E-state index is 13.6. The van der Waals surface area contributed by atoms with Crippen LogP contribution in [0.4, 0.5) is 26.6 Å². The predicted molar refractivity (Wildman–Crippen MR) is 106 cm³/mol. The van der Waals surface area contributed by atoms with Crippen LogP contribution in [-0.4, -0.2) is 29.4 Å². The van der Waals surface area contributed by atoms with Gasteiger partial charge in [-0.2, -0.15) is 4.98 Å². The van der Waals surface area contributed by atoms with Gasteiger partial charge in [0.2, 0.25) is 12.7 Å². The quantitative estimate of drug-likeness (QED) is 0.700. The third kappa shape index (κ3) is 3.57. The summed E-state index contributed by atoms with van der Waals surface area (Å²) in [4.78, 5) is 22.8. The van der Waals surface area contributed by atoms with Crippen molar-refractivity contribution in [2.24, 2.45) is 0 Å². The minimum Gasteiger partial charge on any atom is -0.454 e. The summed E-state index contributed by atoms with van der Waals surface area (Å²) in [7, 11) is 0. The second-order valence-corrected chi connectivity index (χ2v) is 6.80. The van der Waals surface area contributed by atoms with Gasteiger partial charge in [-0.3, -0.25) is 5.32 Å². The van der Waals surface area contributed by atoms with Crippen LogP contribution in [0.5, 0.6) is 17.2 Å². The van der Waals surface area contributed by atoms with Crippen molar-refractivity contribution in [1.29, 1.82) is 0 Å². The number of halogens is 1. The number of nitrogens with zero attached hydrogens (tertiary/aromatic N) is 3. The van der Waals surface area contributed by atoms with Crippen molar-refractivity contribution in [3.8, 4) is 17.2 Å². The van der Waals surface area contributed by atoms with Gasteiger partial charge in [0.25, 0.3) is 0 Å². The fourth-order valence-corrected chi connectivity index (χ4v) is 3.53. The van der Waals surface area contributed by atoms with Crippen molar-refractivity contribution in [2.75, 3.05) is 23.6 Å². The van der Waals surface area contributed by atoms with E-state index in [1.54, 1.807) is 42.6 Å². The maximum Gasteiger partial charge on any atom is 0.419 e. The summed E-state index contributed by atoms with van der Waals surface area (Å²) in [6, 6.07) is 11.3. The topological polar surface area (TPSA) is 85.8 Å². The molecule has 152 valence electrons. The van der Waals surface area contributed by atoms with E-state index in [2.05, 4.69) is 15.3 Å². The van der Waals surface area contributed by atoms with Crippen molar-refractivity contribution in [1.82, 2.24) is 9.97 Å². The molecule has 2 aliphatic rings. The largest absolute Gasteiger partial charge is 0.454 e. The summed E-state index contributed by atoms with van der Waals surface area (Å²) in [5.74, 6) is 1.87. The van der Waals surface area contributed by atoms with Crippen LogP contribution in [0.15, 0.2) is 48.7 Å². The summed E-state index contributed by atoms with van der Waals surface area (Å²) in [5.41, 5.74) is 1.83. The van der Waals surface area contributed by atoms with Crippen LogP contribution in [0.3, 0.4) is 0 Å². The maximum absolute atomic E-state index is 13.6. The van der Waals surface area contributed by atoms with E-state index in [9.17, 15) is 9.18 Å². The van der Waals surface area contributed by atoms with Gasteiger partial charge in [-0.25, -0.2) is 14.2 Å². The summed E-state index contributed by atoms with van der Waals surface area (Å²) in [6.07, 6.45) is 2.50. The van der Waals surface area contributed by atoms with E-state index in [1.165, 1.54) is 6.07 Å². The van der Waals surface area contributed by atoms with Gasteiger partial charge in [-0.15, -0.1) is 0 Å². The molecule has 2 aromatic carbocycles. The van der Waals surface area contributed by atoms with Gasteiger partial charge in [0.15, 0.2) is 11.5 Å². The molecule has 0 saturated carbocycles. The molecule has 3 heterocycles. The zero-order valence-corrected chi connectivity index (χ0v) is 15.8. The van der Waals surface area contributed by atoms with Gasteiger partial charge in [0, 0.05) is 24.5 Å². The highest BCUT2D eigenvalue weighted by Gasteiger charge is 2.21. The van der Waals surface area contributed by atoms with Crippen molar-refractivity contribution in [2.45, 2.75) is 12.8 Å². The fraction of sp³-hybridized carbons (Fsp3) is 0.190. The first-order valence-electron chi connectivity index (χ1n) is 9.43. The van der Waals surface area contributed by atoms with E-state index in [0.29, 0.717) is 23.1 Å². The number of benzene rings is 2. The first-order valence-corrected chi connectivity index (χ1v) is 9.43. The van der Waals surface area contributed by atoms with Gasteiger partial charge >= 0.3 is 6.09 Å². The van der Waals surface area contributed by atoms with Crippen LogP contribution < -0.4 is 24.4 Å². The Morgan fingerprint density at radius 1 is 1.13 bits per heavy atom. The van der Waals surface area contributed by atoms with E-state index in [-0.39, 0.29) is 18.6 Å². The fourth-order valence-electron chi connectivity index (χ4n) is 3.53. The molecule has 8 nitrogen and oxygen atoms in total. The molecule has 0 fully saturated rings. The van der Waals surface area contributed by atoms with E-state index >= 15 is 0 Å². The van der Waals surface area contributed by atoms with Crippen LogP contribution in [-0.2, 0) is 6.42 Å². The van der Waals surface area contributed by atoms with Crippen LogP contribution in [0.2, 0.25) is 0 Å². The highest BCUT2D eigenvalue weighted by atomic mass is 19.1. The zero-order chi connectivity index (χ0) is 20.5. The second-order valence-electron chi connectivity index (χ2n) is 6.80. The molecule has 1 aromatic heterocycles. The molecular weight excluding hydrogens is 391 g/mol. The molecule has 30 heavy (non-hydrogen) atoms. The number of carbonyl (C=O) groups is 1. The molecule has 3 aromatic rings. The molecule has 0 aliphatic carbocycles. The molecule has 0 radical (unpaired) electrons. The number of hydrogen-bond donors (Lipinski definition) is 1. The Bertz CT molecular complexity index is 1120. The van der Waals surface area contributed by atoms with Crippen molar-refractivity contribution >= 4 is 23.5 Å². The Morgan fingerprint density at radius 3 is 2.97 bits per heavy atom. The monoisotopic (exact) mass is 408 g/mol. The third-order valence-corrected chi connectivity index (χ3v) is 4.85. The van der Waals surface area contributed by atoms with E-state index in [4.69, 9.17) is 14.2 Å². The van der Waals surface area contributed by atoms with Gasteiger partial charge in [0.1, 0.15) is 17.4 Å². The molecule has 2 aliphatic heterocycles. The molecule has 0 bridgehead atoms. The standard InChI is InChI=1S/C21H17FN4O4/c22-14-3-5-16-13(10-14)2-1-9-26(16)19-7-8-23-20(24-19)25-21(27)30-15-4-6-17-18(11-15)29-12-28-17/h3-8,10-11H,1-2,9,12H2,(H,23,24,25,27). The van der Waals surface area contributed by atoms with Gasteiger partial charge < -0.3 is 19.1 Å². The lowest BCUT2D eigenvalue weighted by molar-refractivity contribution is 0.174. The van der Waals surface area contributed by atoms with Crippen LogP contribution >= 0.6 is 0 Å². The average molecular weight is 408 g/mol. The Morgan fingerprint density at radius 2 is 2.03 bits per heavy atom. The predicted octanol–water partition coefficient (Wildman–Crippen LogP) is 4.04. The number of rotatable bonds is 3. The first-order chi connectivity index (χ1) is 14.7. The number of ether oxygens (including phenoxy) is 3. The normalized spacial score (nSPS) is 14.2. The lowest BCUT2D eigenvalue weighted by Crippen LogP contribution is -2.26. The number of hydrogen-bond acceptors (Lipinski definition) is 7. The van der Waals surface area contributed by atoms with Crippen molar-refractivity contribution in [3.63, 3.8) is 0 Å². The minimum atomic E-state index is -0.730. The van der Waals surface area contributed by atoms with Crippen LogP contribution in [0.25, 0.3) is 0 Å². The third-order valence-electron chi connectivity index (χ3n) is 4.85. The number of anilines is 3. The molecular formula is C21H17FN4O4. The summed E-state index contributed by atoms with van der Waals surface area (Å²) in [5, 5.41) is 2.53. The number of aromatic nitrogens is 2. The average Bonchev–Trinajstić information content (AvgIpc) is 3.21. The summed E-state index contributed by atoms with van der Waals surface area (Å²) < 4.78 is 29.3. The van der Waals surface area contributed by atoms with Crippen LogP contribution in [0.1, 0.15) is 12.0 Å². The zero-order valence-electron chi connectivity index (χ0n) is 15.8. The molecule has 0 unspecified atom stereocenters. The molecule has 0 saturated heterocycles. The first kappa shape index (κ1) is 18.2. The highest BCUT2D eigenvalue weighted by Crippen LogP contribution is 2.35. The Labute approximate surface area is 171 Å². The SMILES string of the molecule is O=C(Nc1nccc(N2CCCc3cc(F)ccc32)n1)Oc1ccc2c(c1)OCO2. The van der Waals surface area contributed by atoms with Gasteiger partial charge in [-0.1, -0.05) is 0 Å². The molecule has 5 rings (SSSR count). The Kier molecular flexibility index (Phi) is 4.55. The van der Waals surface area contributed by atoms with Crippen molar-refractivity contribution in [3.05, 3.63) is 60.0 Å². The van der Waals surface area contributed by atoms with E-state index < -0.39 is 6.09 Å². The molecule has 0 spiro atoms. The molecule has 9 heteroatoms. The second kappa shape index (κ2) is 7.51. The summed E-state index contributed by atoms with van der Waals surface area (Å²) >= 11 is 0. The smallest absolute Gasteiger partial charge is 0.419 e. The minimum absolute atomic E-state index is 0.104. The molecule has 1 amide bonds. The van der Waals surface area contributed by atoms with E-state index in [0.717, 1.165) is 30.6 Å². The van der Waals surface area contributed by atoms with Gasteiger partial charge in [0.05, 0.1) is 0 Å².